The molecule has 0 spiro atoms. The number of pyridine rings is 1. The Kier molecular flexibility index (Phi) is 7.68. The molecule has 212 valence electrons. The van der Waals surface area contributed by atoms with Gasteiger partial charge in [0.2, 0.25) is 0 Å². The molecule has 0 unspecified atom stereocenters. The molecule has 0 bridgehead atoms. The van der Waals surface area contributed by atoms with Crippen molar-refractivity contribution in [1.82, 2.24) is 4.98 Å². The first kappa shape index (κ1) is 28.9. The van der Waals surface area contributed by atoms with Gasteiger partial charge in [-0.3, -0.25) is 0 Å². The number of hydrogen-bond donors (Lipinski definition) is 0. The number of benzene rings is 5. The molecule has 0 amide bonds. The maximum atomic E-state index is 4.22. The number of para-hydroxylation sites is 1. The second-order valence-electron chi connectivity index (χ2n) is 11.6. The van der Waals surface area contributed by atoms with E-state index in [1.54, 1.807) is 6.20 Å². The Morgan fingerprint density at radius 1 is 0.744 bits per heavy atom. The summed E-state index contributed by atoms with van der Waals surface area (Å²) in [6.07, 6.45) is 1.79. The van der Waals surface area contributed by atoms with Crippen LogP contribution in [0.15, 0.2) is 115 Å². The molecule has 0 saturated carbocycles. The largest absolute Gasteiger partial charge is 3.00 e. The Morgan fingerprint density at radius 2 is 1.51 bits per heavy atom. The predicted octanol–water partition coefficient (Wildman–Crippen LogP) is 9.85. The molecule has 0 radical (unpaired) electrons. The Hall–Kier alpha value is -4.24. The Labute approximate surface area is 268 Å². The van der Waals surface area contributed by atoms with Crippen LogP contribution in [-0.2, 0) is 25.5 Å². The molecule has 43 heavy (non-hydrogen) atoms. The van der Waals surface area contributed by atoms with Crippen LogP contribution in [-0.4, -0.2) is 4.98 Å². The second-order valence-corrected chi connectivity index (χ2v) is 11.6. The first-order valence-corrected chi connectivity index (χ1v) is 14.4. The third-order valence-electron chi connectivity index (χ3n) is 8.24. The van der Waals surface area contributed by atoms with Gasteiger partial charge in [-0.1, -0.05) is 67.6 Å². The van der Waals surface area contributed by atoms with Crippen LogP contribution in [0.4, 0.5) is 22.7 Å². The summed E-state index contributed by atoms with van der Waals surface area (Å²) in [6, 6.07) is 44.9. The van der Waals surface area contributed by atoms with Crippen LogP contribution in [0.1, 0.15) is 36.1 Å². The van der Waals surface area contributed by atoms with Crippen molar-refractivity contribution in [2.24, 2.45) is 0 Å². The van der Waals surface area contributed by atoms with Crippen LogP contribution >= 0.6 is 0 Å². The van der Waals surface area contributed by atoms with Crippen molar-refractivity contribution < 1.29 is 20.1 Å². The van der Waals surface area contributed by atoms with Crippen LogP contribution in [0.3, 0.4) is 0 Å². The maximum absolute atomic E-state index is 4.22. The molecule has 0 saturated heterocycles. The topological polar surface area (TPSA) is 19.4 Å². The van der Waals surface area contributed by atoms with Crippen LogP contribution in [0, 0.1) is 32.6 Å². The standard InChI is InChI=1S/C28H24N2.C11H8N.Ir/c1-18-12-19(2)14-22(13-18)29-17-30-26-16-21-9-6-5-8-20(21)15-24(26)28(3,4)23-10-7-11-25(29)27(23)30;1-2-6-10(7-3-1)11-8-4-5-9-12-11;/h5-15,17H,1-4H3;1-6,8-9H;/q-2;-1;+3. The fourth-order valence-electron chi connectivity index (χ4n) is 6.23. The van der Waals surface area contributed by atoms with Gasteiger partial charge in [0.15, 0.2) is 0 Å². The SMILES string of the molecule is Cc1cc(C)cc(N2[CH-]N3c4[c-]c5ccccc5cc4C(C)(C)c4cccc2c43)c1.[Ir+3].[c-]1ccccc1-c1ccccn1. The first-order chi connectivity index (χ1) is 20.4. The number of aryl methyl sites for hydroxylation is 2. The monoisotopic (exact) mass is 735 g/mol. The van der Waals surface area contributed by atoms with Crippen molar-refractivity contribution in [3.05, 3.63) is 156 Å². The van der Waals surface area contributed by atoms with E-state index in [1.807, 2.05) is 42.5 Å². The first-order valence-electron chi connectivity index (χ1n) is 14.4. The molecular formula is C39H32IrN3. The van der Waals surface area contributed by atoms with Crippen molar-refractivity contribution in [3.8, 4) is 11.3 Å². The molecule has 1 aromatic heterocycles. The van der Waals surface area contributed by atoms with Gasteiger partial charge in [0.05, 0.1) is 0 Å². The molecule has 4 heteroatoms. The number of aromatic nitrogens is 1. The number of anilines is 4. The van der Waals surface area contributed by atoms with Gasteiger partial charge in [-0.25, -0.2) is 0 Å². The Morgan fingerprint density at radius 3 is 2.26 bits per heavy atom. The summed E-state index contributed by atoms with van der Waals surface area (Å²) in [5.41, 5.74) is 12.0. The summed E-state index contributed by atoms with van der Waals surface area (Å²) in [5, 5.41) is 2.40. The summed E-state index contributed by atoms with van der Waals surface area (Å²) in [6.45, 7) is 11.2. The van der Waals surface area contributed by atoms with Crippen molar-refractivity contribution >= 4 is 33.5 Å². The molecule has 8 rings (SSSR count). The fourth-order valence-corrected chi connectivity index (χ4v) is 6.23. The van der Waals surface area contributed by atoms with E-state index >= 15 is 0 Å². The fraction of sp³-hybridized carbons (Fsp3) is 0.128. The van der Waals surface area contributed by atoms with Gasteiger partial charge in [-0.15, -0.1) is 77.6 Å². The molecule has 3 nitrogen and oxygen atoms in total. The van der Waals surface area contributed by atoms with Crippen molar-refractivity contribution in [2.75, 3.05) is 9.80 Å². The van der Waals surface area contributed by atoms with E-state index < -0.39 is 0 Å². The smallest absolute Gasteiger partial charge is 0.488 e. The summed E-state index contributed by atoms with van der Waals surface area (Å²) < 4.78 is 0. The molecule has 0 atom stereocenters. The van der Waals surface area contributed by atoms with E-state index in [4.69, 9.17) is 0 Å². The number of fused-ring (bicyclic) bond motifs is 3. The molecule has 6 aromatic rings. The molecule has 0 aliphatic carbocycles. The number of rotatable bonds is 2. The van der Waals surface area contributed by atoms with Crippen molar-refractivity contribution in [2.45, 2.75) is 33.1 Å². The summed E-state index contributed by atoms with van der Waals surface area (Å²) in [5.74, 6) is 0. The van der Waals surface area contributed by atoms with Gasteiger partial charge < -0.3 is 14.8 Å². The minimum atomic E-state index is -0.0932. The average Bonchev–Trinajstić information content (AvgIpc) is 3.41. The van der Waals surface area contributed by atoms with Gasteiger partial charge in [0.1, 0.15) is 0 Å². The molecular weight excluding hydrogens is 703 g/mol. The van der Waals surface area contributed by atoms with Crippen LogP contribution in [0.5, 0.6) is 0 Å². The number of hydrogen-bond acceptors (Lipinski definition) is 3. The quantitative estimate of drug-likeness (QED) is 0.165. The van der Waals surface area contributed by atoms with Crippen LogP contribution < -0.4 is 9.80 Å². The van der Waals surface area contributed by atoms with Gasteiger partial charge in [-0.05, 0) is 65.9 Å². The second kappa shape index (κ2) is 11.4. The van der Waals surface area contributed by atoms with Crippen LogP contribution in [0.25, 0.3) is 22.0 Å². The van der Waals surface area contributed by atoms with E-state index in [0.29, 0.717) is 0 Å². The third-order valence-corrected chi connectivity index (χ3v) is 8.24. The van der Waals surface area contributed by atoms with Gasteiger partial charge >= 0.3 is 20.1 Å². The molecule has 2 aliphatic heterocycles. The van der Waals surface area contributed by atoms with Gasteiger partial charge in [0.25, 0.3) is 0 Å². The van der Waals surface area contributed by atoms with Crippen LogP contribution in [0.2, 0.25) is 0 Å². The predicted molar refractivity (Wildman–Crippen MR) is 174 cm³/mol. The molecule has 2 aliphatic rings. The summed E-state index contributed by atoms with van der Waals surface area (Å²) in [7, 11) is 0. The molecule has 0 N–H and O–H groups in total. The van der Waals surface area contributed by atoms with Crippen molar-refractivity contribution in [3.63, 3.8) is 0 Å². The van der Waals surface area contributed by atoms with Gasteiger partial charge in [0, 0.05) is 23.3 Å². The molecule has 3 heterocycles. The van der Waals surface area contributed by atoms with Gasteiger partial charge in [-0.2, -0.15) is 0 Å². The molecule has 5 aromatic carbocycles. The Bertz CT molecular complexity index is 1860. The van der Waals surface area contributed by atoms with E-state index in [9.17, 15) is 0 Å². The molecule has 0 fully saturated rings. The zero-order chi connectivity index (χ0) is 28.8. The third kappa shape index (κ3) is 5.16. The minimum Gasteiger partial charge on any atom is -0.488 e. The zero-order valence-corrected chi connectivity index (χ0v) is 27.1. The maximum Gasteiger partial charge on any atom is 3.00 e. The van der Waals surface area contributed by atoms with E-state index in [2.05, 4.69) is 128 Å². The number of nitrogens with zero attached hydrogens (tertiary/aromatic N) is 3. The van der Waals surface area contributed by atoms with E-state index in [-0.39, 0.29) is 25.5 Å². The van der Waals surface area contributed by atoms with Crippen molar-refractivity contribution in [1.29, 1.82) is 0 Å². The zero-order valence-electron chi connectivity index (χ0n) is 24.7. The Balaban J connectivity index is 0.000000213. The summed E-state index contributed by atoms with van der Waals surface area (Å²) >= 11 is 0. The van der Waals surface area contributed by atoms with E-state index in [0.717, 1.165) is 22.3 Å². The van der Waals surface area contributed by atoms with E-state index in [1.165, 1.54) is 44.7 Å². The average molecular weight is 735 g/mol. The minimum absolute atomic E-state index is 0. The summed E-state index contributed by atoms with van der Waals surface area (Å²) in [4.78, 5) is 8.89. The normalized spacial score (nSPS) is 13.9.